The number of piperidine rings is 1. The Morgan fingerprint density at radius 1 is 1.10 bits per heavy atom. The fraction of sp³-hybridized carbons (Fsp3) is 0.647. The Labute approximate surface area is 122 Å². The van der Waals surface area contributed by atoms with Gasteiger partial charge in [0.05, 0.1) is 6.61 Å². The van der Waals surface area contributed by atoms with E-state index in [1.807, 2.05) is 6.07 Å². The van der Waals surface area contributed by atoms with Gasteiger partial charge >= 0.3 is 0 Å². The predicted molar refractivity (Wildman–Crippen MR) is 81.4 cm³/mol. The van der Waals surface area contributed by atoms with Gasteiger partial charge in [-0.2, -0.15) is 0 Å². The van der Waals surface area contributed by atoms with E-state index in [0.717, 1.165) is 25.8 Å². The number of hydrogen-bond donors (Lipinski definition) is 2. The fourth-order valence-corrected chi connectivity index (χ4v) is 3.46. The van der Waals surface area contributed by atoms with Gasteiger partial charge in [-0.1, -0.05) is 43.7 Å². The maximum Gasteiger partial charge on any atom is 0.0590 e. The molecule has 1 aromatic carbocycles. The number of hydrogen-bond acceptors (Lipinski definition) is 3. The highest BCUT2D eigenvalue weighted by molar-refractivity contribution is 5.15. The van der Waals surface area contributed by atoms with Crippen LogP contribution < -0.4 is 0 Å². The Morgan fingerprint density at radius 2 is 1.85 bits per heavy atom. The molecule has 0 radical (unpaired) electrons. The van der Waals surface area contributed by atoms with Crippen molar-refractivity contribution in [1.29, 1.82) is 0 Å². The summed E-state index contributed by atoms with van der Waals surface area (Å²) in [5, 5.41) is 19.3. The van der Waals surface area contributed by atoms with Crippen molar-refractivity contribution in [3.63, 3.8) is 0 Å². The van der Waals surface area contributed by atoms with Crippen LogP contribution in [0.15, 0.2) is 30.3 Å². The second kappa shape index (κ2) is 7.77. The summed E-state index contributed by atoms with van der Waals surface area (Å²) in [6.07, 6.45) is 4.49. The van der Waals surface area contributed by atoms with E-state index in [1.54, 1.807) is 0 Å². The molecule has 0 aliphatic carbocycles. The van der Waals surface area contributed by atoms with Gasteiger partial charge in [-0.25, -0.2) is 0 Å². The van der Waals surface area contributed by atoms with Gasteiger partial charge in [0.15, 0.2) is 0 Å². The van der Waals surface area contributed by atoms with Gasteiger partial charge < -0.3 is 10.2 Å². The summed E-state index contributed by atoms with van der Waals surface area (Å²) in [4.78, 5) is 2.42. The number of aliphatic hydroxyl groups is 2. The molecule has 1 saturated heterocycles. The van der Waals surface area contributed by atoms with Crippen molar-refractivity contribution in [3.8, 4) is 0 Å². The summed E-state index contributed by atoms with van der Waals surface area (Å²) in [6, 6.07) is 11.0. The molecule has 0 amide bonds. The second-order valence-electron chi connectivity index (χ2n) is 5.87. The van der Waals surface area contributed by atoms with E-state index in [1.165, 1.54) is 12.0 Å². The van der Waals surface area contributed by atoms with E-state index in [-0.39, 0.29) is 25.2 Å². The van der Waals surface area contributed by atoms with Gasteiger partial charge in [0.2, 0.25) is 0 Å². The molecular formula is C17H27NO2. The van der Waals surface area contributed by atoms with Crippen molar-refractivity contribution in [2.24, 2.45) is 5.92 Å². The standard InChI is InChI=1S/C17H27NO2/c1-2-6-16-10-9-15(12-19)17(13-20)18(16)11-14-7-4-3-5-8-14/h3-5,7-8,15-17,19-20H,2,6,9-13H2,1H3/t15-,16+,17+/m1/s1. The van der Waals surface area contributed by atoms with Crippen LogP contribution in [0, 0.1) is 5.92 Å². The molecule has 1 fully saturated rings. The molecule has 0 spiro atoms. The highest BCUT2D eigenvalue weighted by Crippen LogP contribution is 2.31. The lowest BCUT2D eigenvalue weighted by Crippen LogP contribution is -2.53. The van der Waals surface area contributed by atoms with Crippen molar-refractivity contribution < 1.29 is 10.2 Å². The van der Waals surface area contributed by atoms with Crippen molar-refractivity contribution in [2.75, 3.05) is 13.2 Å². The van der Waals surface area contributed by atoms with Gasteiger partial charge in [-0.3, -0.25) is 4.90 Å². The molecule has 3 heteroatoms. The molecule has 2 N–H and O–H groups in total. The molecule has 0 unspecified atom stereocenters. The highest BCUT2D eigenvalue weighted by Gasteiger charge is 2.35. The van der Waals surface area contributed by atoms with Crippen molar-refractivity contribution >= 4 is 0 Å². The van der Waals surface area contributed by atoms with E-state index in [9.17, 15) is 10.2 Å². The van der Waals surface area contributed by atoms with Gasteiger partial charge in [0.1, 0.15) is 0 Å². The summed E-state index contributed by atoms with van der Waals surface area (Å²) in [6.45, 7) is 3.40. The van der Waals surface area contributed by atoms with E-state index in [2.05, 4.69) is 36.1 Å². The predicted octanol–water partition coefficient (Wildman–Crippen LogP) is 2.42. The largest absolute Gasteiger partial charge is 0.396 e. The molecule has 0 bridgehead atoms. The van der Waals surface area contributed by atoms with Crippen LogP contribution in [0.4, 0.5) is 0 Å². The molecule has 112 valence electrons. The van der Waals surface area contributed by atoms with Gasteiger partial charge in [-0.15, -0.1) is 0 Å². The number of likely N-dealkylation sites (tertiary alicyclic amines) is 1. The van der Waals surface area contributed by atoms with E-state index >= 15 is 0 Å². The van der Waals surface area contributed by atoms with E-state index in [0.29, 0.717) is 6.04 Å². The molecule has 1 heterocycles. The first-order chi connectivity index (χ1) is 9.80. The smallest absolute Gasteiger partial charge is 0.0590 e. The van der Waals surface area contributed by atoms with Crippen LogP contribution in [0.2, 0.25) is 0 Å². The van der Waals surface area contributed by atoms with Crippen molar-refractivity contribution in [1.82, 2.24) is 4.90 Å². The molecule has 3 atom stereocenters. The van der Waals surface area contributed by atoms with Crippen molar-refractivity contribution in [2.45, 2.75) is 51.2 Å². The normalized spacial score (nSPS) is 27.6. The summed E-state index contributed by atoms with van der Waals surface area (Å²) >= 11 is 0. The SMILES string of the molecule is CCC[C@H]1CC[C@H](CO)[C@H](CO)N1Cc1ccccc1. The zero-order valence-corrected chi connectivity index (χ0v) is 12.4. The zero-order valence-electron chi connectivity index (χ0n) is 12.4. The van der Waals surface area contributed by atoms with Gasteiger partial charge in [0.25, 0.3) is 0 Å². The first kappa shape index (κ1) is 15.5. The molecule has 0 aromatic heterocycles. The lowest BCUT2D eigenvalue weighted by Gasteiger charge is -2.45. The average molecular weight is 277 g/mol. The molecule has 1 aliphatic rings. The molecule has 3 nitrogen and oxygen atoms in total. The molecule has 2 rings (SSSR count). The molecule has 1 aromatic rings. The molecular weight excluding hydrogens is 250 g/mol. The third kappa shape index (κ3) is 3.60. The third-order valence-corrected chi connectivity index (χ3v) is 4.56. The zero-order chi connectivity index (χ0) is 14.4. The lowest BCUT2D eigenvalue weighted by atomic mass is 9.84. The van der Waals surface area contributed by atoms with E-state index in [4.69, 9.17) is 0 Å². The van der Waals surface area contributed by atoms with Crippen LogP contribution in [-0.4, -0.2) is 40.4 Å². The van der Waals surface area contributed by atoms with Crippen LogP contribution in [0.5, 0.6) is 0 Å². The summed E-state index contributed by atoms with van der Waals surface area (Å²) < 4.78 is 0. The summed E-state index contributed by atoms with van der Waals surface area (Å²) in [5.74, 6) is 0.205. The average Bonchev–Trinajstić information content (AvgIpc) is 2.49. The number of rotatable bonds is 6. The monoisotopic (exact) mass is 277 g/mol. The Hall–Kier alpha value is -0.900. The minimum absolute atomic E-state index is 0.0884. The van der Waals surface area contributed by atoms with Gasteiger partial charge in [0, 0.05) is 25.2 Å². The third-order valence-electron chi connectivity index (χ3n) is 4.56. The minimum Gasteiger partial charge on any atom is -0.396 e. The molecule has 20 heavy (non-hydrogen) atoms. The van der Waals surface area contributed by atoms with Crippen LogP contribution in [0.25, 0.3) is 0 Å². The lowest BCUT2D eigenvalue weighted by molar-refractivity contribution is -0.0215. The quantitative estimate of drug-likeness (QED) is 0.839. The minimum atomic E-state index is 0.0884. The summed E-state index contributed by atoms with van der Waals surface area (Å²) in [5.41, 5.74) is 1.28. The molecule has 1 aliphatic heterocycles. The second-order valence-corrected chi connectivity index (χ2v) is 5.87. The maximum atomic E-state index is 9.77. The van der Waals surface area contributed by atoms with Crippen molar-refractivity contribution in [3.05, 3.63) is 35.9 Å². The first-order valence-corrected chi connectivity index (χ1v) is 7.81. The topological polar surface area (TPSA) is 43.7 Å². The maximum absolute atomic E-state index is 9.77. The van der Waals surface area contributed by atoms with E-state index < -0.39 is 0 Å². The first-order valence-electron chi connectivity index (χ1n) is 7.81. The number of nitrogens with zero attached hydrogens (tertiary/aromatic N) is 1. The van der Waals surface area contributed by atoms with Gasteiger partial charge in [-0.05, 0) is 30.7 Å². The van der Waals surface area contributed by atoms with Crippen LogP contribution in [0.1, 0.15) is 38.2 Å². The Morgan fingerprint density at radius 3 is 2.45 bits per heavy atom. The molecule has 0 saturated carbocycles. The summed E-state index contributed by atoms with van der Waals surface area (Å²) in [7, 11) is 0. The van der Waals surface area contributed by atoms with Crippen LogP contribution in [0.3, 0.4) is 0 Å². The number of aliphatic hydroxyl groups excluding tert-OH is 2. The Bertz CT molecular complexity index is 382. The Kier molecular flexibility index (Phi) is 6.02. The van der Waals surface area contributed by atoms with Crippen LogP contribution in [-0.2, 0) is 6.54 Å². The number of benzene rings is 1. The Balaban J connectivity index is 2.15. The fourth-order valence-electron chi connectivity index (χ4n) is 3.46. The van der Waals surface area contributed by atoms with Crippen LogP contribution >= 0.6 is 0 Å². The highest BCUT2D eigenvalue weighted by atomic mass is 16.3.